The van der Waals surface area contributed by atoms with Gasteiger partial charge in [0.15, 0.2) is 0 Å². The van der Waals surface area contributed by atoms with Crippen molar-refractivity contribution in [3.63, 3.8) is 0 Å². The van der Waals surface area contributed by atoms with Crippen LogP contribution in [0.2, 0.25) is 0 Å². The van der Waals surface area contributed by atoms with Crippen molar-refractivity contribution in [1.29, 1.82) is 0 Å². The molecule has 3 aromatic rings. The van der Waals surface area contributed by atoms with E-state index in [2.05, 4.69) is 41.7 Å². The third kappa shape index (κ3) is 7.65. The van der Waals surface area contributed by atoms with Crippen LogP contribution in [0.15, 0.2) is 114 Å². The van der Waals surface area contributed by atoms with Gasteiger partial charge in [0.2, 0.25) is 0 Å². The molecule has 0 radical (unpaired) electrons. The first kappa shape index (κ1) is 24.9. The van der Waals surface area contributed by atoms with Crippen LogP contribution in [0.5, 0.6) is 0 Å². The van der Waals surface area contributed by atoms with Crippen LogP contribution in [0.1, 0.15) is 11.1 Å². The number of allylic oxidation sites excluding steroid dienone is 5. The average molecular weight is 440 g/mol. The van der Waals surface area contributed by atoms with E-state index in [1.54, 1.807) is 36.4 Å². The molecule has 0 atom stereocenters. The van der Waals surface area contributed by atoms with Gasteiger partial charge in [0.05, 0.1) is 4.90 Å². The van der Waals surface area contributed by atoms with E-state index in [1.807, 2.05) is 36.7 Å². The van der Waals surface area contributed by atoms with E-state index in [1.165, 1.54) is 17.2 Å². The Morgan fingerprint density at radius 2 is 1.42 bits per heavy atom. The predicted molar refractivity (Wildman–Crippen MR) is 122 cm³/mol. The molecule has 6 heteroatoms. The Balaban J connectivity index is 0.000000174. The van der Waals surface area contributed by atoms with Crippen molar-refractivity contribution in [2.24, 2.45) is 0 Å². The van der Waals surface area contributed by atoms with Crippen molar-refractivity contribution in [2.45, 2.75) is 11.3 Å². The van der Waals surface area contributed by atoms with Crippen molar-refractivity contribution >= 4 is 27.0 Å². The smallest absolute Gasteiger partial charge is 0.744 e. The first-order valence-corrected chi connectivity index (χ1v) is 10.9. The Morgan fingerprint density at radius 1 is 0.774 bits per heavy atom. The van der Waals surface area contributed by atoms with Crippen molar-refractivity contribution < 1.29 is 42.5 Å². The molecule has 5 rings (SSSR count). The fourth-order valence-corrected chi connectivity index (χ4v) is 3.72. The summed E-state index contributed by atoms with van der Waals surface area (Å²) in [5.41, 5.74) is 2.84. The molecule has 2 aliphatic rings. The minimum Gasteiger partial charge on any atom is -0.744 e. The standard InChI is InChI=1S/C10H8O3S.C9H8.C6H7N.Na/c11-14(12,13)10-7-3-5-8-4-1-2-6-9(8)10;1-2-5-9-7-3-6-8(9)4-1;1-2-4-6-7-5-3-1;/h1-7H,(H,11,12,13);1-6H,7H2;1-7H;/q;;;+1/p-1. The molecule has 4 nitrogen and oxygen atoms in total. The molecule has 1 N–H and O–H groups in total. The minimum atomic E-state index is -4.38. The maximum Gasteiger partial charge on any atom is 1.00 e. The Labute approximate surface area is 205 Å². The van der Waals surface area contributed by atoms with Gasteiger partial charge in [0, 0.05) is 12.4 Å². The summed E-state index contributed by atoms with van der Waals surface area (Å²) in [4.78, 5) is -0.157. The summed E-state index contributed by atoms with van der Waals surface area (Å²) in [5, 5.41) is 4.15. The summed E-state index contributed by atoms with van der Waals surface area (Å²) < 4.78 is 32.7. The molecule has 0 aromatic heterocycles. The Morgan fingerprint density at radius 3 is 2.13 bits per heavy atom. The van der Waals surface area contributed by atoms with E-state index in [0.717, 1.165) is 11.8 Å². The molecule has 0 spiro atoms. The number of rotatable bonds is 1. The third-order valence-electron chi connectivity index (χ3n) is 4.43. The van der Waals surface area contributed by atoms with Crippen LogP contribution in [0.25, 0.3) is 16.8 Å². The Bertz CT molecular complexity index is 1210. The zero-order chi connectivity index (χ0) is 21.2. The van der Waals surface area contributed by atoms with Crippen LogP contribution in [0, 0.1) is 0 Å². The molecule has 0 fully saturated rings. The number of nitrogens with one attached hydrogen (secondary N) is 1. The molecule has 0 saturated heterocycles. The number of benzene rings is 3. The number of fused-ring (bicyclic) bond motifs is 2. The van der Waals surface area contributed by atoms with E-state index in [9.17, 15) is 13.0 Å². The number of hydrogen-bond acceptors (Lipinski definition) is 4. The van der Waals surface area contributed by atoms with Gasteiger partial charge in [-0.15, -0.1) is 0 Å². The monoisotopic (exact) mass is 439 g/mol. The molecule has 3 aromatic carbocycles. The van der Waals surface area contributed by atoms with Crippen LogP contribution in [-0.4, -0.2) is 13.0 Å². The minimum absolute atomic E-state index is 0. The molecule has 0 unspecified atom stereocenters. The summed E-state index contributed by atoms with van der Waals surface area (Å²) in [7, 11) is -4.38. The van der Waals surface area contributed by atoms with Crippen LogP contribution in [0.4, 0.5) is 0 Å². The SMILES string of the molecule is C1=CC=CNC=C1.C1=Cc2ccccc2C1.O=S(=O)([O-])c1cccc2ccccc12.[Na+]. The van der Waals surface area contributed by atoms with Gasteiger partial charge in [0.25, 0.3) is 0 Å². The van der Waals surface area contributed by atoms with Crippen molar-refractivity contribution in [1.82, 2.24) is 5.32 Å². The van der Waals surface area contributed by atoms with Crippen LogP contribution >= 0.6 is 0 Å². The summed E-state index contributed by atoms with van der Waals surface area (Å²) in [6.45, 7) is 0. The summed E-state index contributed by atoms with van der Waals surface area (Å²) in [6, 6.07) is 20.0. The van der Waals surface area contributed by atoms with Crippen molar-refractivity contribution in [3.05, 3.63) is 121 Å². The van der Waals surface area contributed by atoms with E-state index in [4.69, 9.17) is 0 Å². The maximum atomic E-state index is 10.9. The normalized spacial score (nSPS) is 12.9. The van der Waals surface area contributed by atoms with E-state index < -0.39 is 10.1 Å². The van der Waals surface area contributed by atoms with E-state index in [-0.39, 0.29) is 34.5 Å². The van der Waals surface area contributed by atoms with Gasteiger partial charge in [0.1, 0.15) is 10.1 Å². The Hall–Kier alpha value is -2.41. The van der Waals surface area contributed by atoms with Crippen LogP contribution in [0.3, 0.4) is 0 Å². The summed E-state index contributed by atoms with van der Waals surface area (Å²) >= 11 is 0. The average Bonchev–Trinajstić information content (AvgIpc) is 3.03. The van der Waals surface area contributed by atoms with Gasteiger partial charge in [-0.05, 0) is 46.5 Å². The summed E-state index contributed by atoms with van der Waals surface area (Å²) in [5.74, 6) is 0. The predicted octanol–water partition coefficient (Wildman–Crippen LogP) is 2.18. The van der Waals surface area contributed by atoms with Gasteiger partial charge in [-0.2, -0.15) is 0 Å². The topological polar surface area (TPSA) is 69.2 Å². The maximum absolute atomic E-state index is 10.9. The first-order valence-electron chi connectivity index (χ1n) is 9.48. The molecule has 0 amide bonds. The van der Waals surface area contributed by atoms with Gasteiger partial charge < -0.3 is 9.87 Å². The molecule has 31 heavy (non-hydrogen) atoms. The van der Waals surface area contributed by atoms with E-state index in [0.29, 0.717) is 5.39 Å². The fourth-order valence-electron chi connectivity index (χ4n) is 3.02. The van der Waals surface area contributed by atoms with Gasteiger partial charge in [-0.25, -0.2) is 8.42 Å². The quantitative estimate of drug-likeness (QED) is 0.466. The molecule has 152 valence electrons. The summed E-state index contributed by atoms with van der Waals surface area (Å²) in [6.07, 6.45) is 17.1. The van der Waals surface area contributed by atoms with Gasteiger partial charge >= 0.3 is 29.6 Å². The first-order chi connectivity index (χ1) is 14.6. The second kappa shape index (κ2) is 12.4. The zero-order valence-corrected chi connectivity index (χ0v) is 20.1. The second-order valence-electron chi connectivity index (χ2n) is 6.51. The van der Waals surface area contributed by atoms with Crippen LogP contribution in [-0.2, 0) is 16.5 Å². The molecule has 1 aliphatic carbocycles. The number of hydrogen-bond donors (Lipinski definition) is 1. The van der Waals surface area contributed by atoms with Crippen LogP contribution < -0.4 is 34.9 Å². The fraction of sp³-hybridized carbons (Fsp3) is 0.0400. The van der Waals surface area contributed by atoms with Crippen molar-refractivity contribution in [3.8, 4) is 0 Å². The molecular weight excluding hydrogens is 417 g/mol. The zero-order valence-electron chi connectivity index (χ0n) is 17.3. The Kier molecular flexibility index (Phi) is 9.98. The van der Waals surface area contributed by atoms with Crippen molar-refractivity contribution in [2.75, 3.05) is 0 Å². The molecule has 1 aliphatic heterocycles. The largest absolute Gasteiger partial charge is 1.00 e. The second-order valence-corrected chi connectivity index (χ2v) is 7.85. The molecule has 0 bridgehead atoms. The molecule has 0 saturated carbocycles. The van der Waals surface area contributed by atoms with Gasteiger partial charge in [-0.1, -0.05) is 85.0 Å². The molecule has 1 heterocycles. The third-order valence-corrected chi connectivity index (χ3v) is 5.32. The molecular formula is C25H22NNaO3S. The van der Waals surface area contributed by atoms with Gasteiger partial charge in [-0.3, -0.25) is 0 Å². The van der Waals surface area contributed by atoms with E-state index >= 15 is 0 Å².